The summed E-state index contributed by atoms with van der Waals surface area (Å²) in [4.78, 5) is 0. The Morgan fingerprint density at radius 2 is 1.27 bits per heavy atom. The fourth-order valence-electron chi connectivity index (χ4n) is 0. The fourth-order valence-corrected chi connectivity index (χ4v) is 0. The van der Waals surface area contributed by atoms with E-state index in [4.69, 9.17) is 22.8 Å². The molecule has 0 spiro atoms. The summed E-state index contributed by atoms with van der Waals surface area (Å²) in [6, 6.07) is 0. The van der Waals surface area contributed by atoms with Crippen LogP contribution in [0.2, 0.25) is 0 Å². The first-order valence-corrected chi connectivity index (χ1v) is 2.89. The van der Waals surface area contributed by atoms with Gasteiger partial charge in [-0.15, -0.1) is 0 Å². The molecule has 0 unspecified atom stereocenters. The molecule has 3 N–H and O–H groups in total. The summed E-state index contributed by atoms with van der Waals surface area (Å²) in [5.41, 5.74) is 0. The molecule has 0 rings (SSSR count). The van der Waals surface area contributed by atoms with Gasteiger partial charge in [-0.25, -0.2) is 0 Å². The Labute approximate surface area is 156 Å². The van der Waals surface area contributed by atoms with Crippen molar-refractivity contribution in [2.75, 3.05) is 0 Å². The van der Waals surface area contributed by atoms with E-state index in [-0.39, 0.29) is 109 Å². The number of nitriles is 1. The van der Waals surface area contributed by atoms with Gasteiger partial charge in [0, 0.05) is 10.4 Å². The standard InChI is InChI=1S/CHNS.2K.H3N.H2O4S/c2-1-3;;;;1-5(2,3)4/h3H;;;1H3;(H2,1,2,3,4)/q;2*+1;;/p-2. The molecule has 0 saturated heterocycles. The van der Waals surface area contributed by atoms with Crippen LogP contribution in [0.3, 0.4) is 0 Å². The summed E-state index contributed by atoms with van der Waals surface area (Å²) in [5.74, 6) is 0. The molecule has 0 heterocycles. The van der Waals surface area contributed by atoms with E-state index in [1.807, 2.05) is 0 Å². The molecular formula is CH4K2N2O4S2. The third-order valence-corrected chi connectivity index (χ3v) is 0. The Kier molecular flexibility index (Phi) is 49.6. The van der Waals surface area contributed by atoms with Crippen molar-refractivity contribution in [3.63, 3.8) is 0 Å². The first-order chi connectivity index (χ1) is 3.41. The Bertz CT molecular complexity index is 165. The molecule has 11 heavy (non-hydrogen) atoms. The SMILES string of the molecule is N.N#CS.O=S(=O)([O-])[O-].[K+].[K+]. The number of hydrogen-bond acceptors (Lipinski definition) is 7. The van der Waals surface area contributed by atoms with Gasteiger partial charge in [0.25, 0.3) is 0 Å². The fraction of sp³-hybridized carbons (Fsp3) is 0. The van der Waals surface area contributed by atoms with Crippen LogP contribution in [0.4, 0.5) is 0 Å². The van der Waals surface area contributed by atoms with Gasteiger partial charge in [-0.1, -0.05) is 12.6 Å². The van der Waals surface area contributed by atoms with Gasteiger partial charge >= 0.3 is 103 Å². The van der Waals surface area contributed by atoms with Gasteiger partial charge in [0.1, 0.15) is 5.40 Å². The van der Waals surface area contributed by atoms with Crippen molar-refractivity contribution >= 4 is 23.0 Å². The molecule has 0 amide bonds. The second-order valence-corrected chi connectivity index (χ2v) is 1.52. The molecule has 0 aliphatic rings. The van der Waals surface area contributed by atoms with Gasteiger partial charge < -0.3 is 15.3 Å². The van der Waals surface area contributed by atoms with E-state index in [9.17, 15) is 0 Å². The van der Waals surface area contributed by atoms with E-state index in [1.54, 1.807) is 0 Å². The molecule has 0 aliphatic carbocycles. The minimum Gasteiger partial charge on any atom is -0.759 e. The van der Waals surface area contributed by atoms with E-state index in [2.05, 4.69) is 12.6 Å². The Hall–Kier alpha value is 2.94. The third-order valence-electron chi connectivity index (χ3n) is 0. The van der Waals surface area contributed by atoms with Gasteiger partial charge in [0.15, 0.2) is 0 Å². The normalized spacial score (nSPS) is 6.00. The van der Waals surface area contributed by atoms with Crippen molar-refractivity contribution in [1.82, 2.24) is 6.15 Å². The van der Waals surface area contributed by atoms with E-state index in [0.29, 0.717) is 0 Å². The average Bonchev–Trinajstić information content (AvgIpc) is 1.27. The maximum atomic E-state index is 8.52. The van der Waals surface area contributed by atoms with E-state index in [1.165, 1.54) is 5.40 Å². The summed E-state index contributed by atoms with van der Waals surface area (Å²) >= 11 is 3.09. The molecule has 0 radical (unpaired) electrons. The predicted molar refractivity (Wildman–Crippen MR) is 30.1 cm³/mol. The summed E-state index contributed by atoms with van der Waals surface area (Å²) in [6.45, 7) is 0. The van der Waals surface area contributed by atoms with Gasteiger partial charge in [0.05, 0.1) is 0 Å². The molecule has 0 saturated carbocycles. The maximum absolute atomic E-state index is 8.52. The van der Waals surface area contributed by atoms with Crippen LogP contribution in [0.1, 0.15) is 0 Å². The average molecular weight is 250 g/mol. The molecule has 0 aromatic rings. The van der Waals surface area contributed by atoms with Crippen LogP contribution in [0.5, 0.6) is 0 Å². The number of hydrogen-bond donors (Lipinski definition) is 2. The van der Waals surface area contributed by atoms with Crippen LogP contribution in [0.15, 0.2) is 0 Å². The zero-order chi connectivity index (χ0) is 7.21. The van der Waals surface area contributed by atoms with Crippen LogP contribution in [-0.4, -0.2) is 17.5 Å². The number of thiocyanates is 1. The first kappa shape index (κ1) is 29.2. The van der Waals surface area contributed by atoms with E-state index in [0.717, 1.165) is 0 Å². The van der Waals surface area contributed by atoms with Crippen LogP contribution in [0.25, 0.3) is 0 Å². The van der Waals surface area contributed by atoms with Gasteiger partial charge in [-0.2, -0.15) is 5.26 Å². The molecule has 0 bridgehead atoms. The monoisotopic (exact) mass is 250 g/mol. The molecule has 56 valence electrons. The maximum Gasteiger partial charge on any atom is 1.00 e. The minimum absolute atomic E-state index is 0. The molecule has 0 fully saturated rings. The van der Waals surface area contributed by atoms with Crippen molar-refractivity contribution in [3.05, 3.63) is 0 Å². The van der Waals surface area contributed by atoms with Gasteiger partial charge in [0.2, 0.25) is 0 Å². The molecular weight excluding hydrogens is 246 g/mol. The van der Waals surface area contributed by atoms with Crippen molar-refractivity contribution in [3.8, 4) is 5.40 Å². The van der Waals surface area contributed by atoms with Crippen molar-refractivity contribution in [2.45, 2.75) is 0 Å². The van der Waals surface area contributed by atoms with E-state index < -0.39 is 10.4 Å². The van der Waals surface area contributed by atoms with E-state index >= 15 is 0 Å². The Morgan fingerprint density at radius 1 is 1.27 bits per heavy atom. The second kappa shape index (κ2) is 18.7. The molecule has 6 nitrogen and oxygen atoms in total. The molecule has 0 aromatic heterocycles. The quantitative estimate of drug-likeness (QED) is 0.144. The van der Waals surface area contributed by atoms with Crippen molar-refractivity contribution in [2.24, 2.45) is 0 Å². The largest absolute Gasteiger partial charge is 1.00 e. The molecule has 0 aromatic carbocycles. The van der Waals surface area contributed by atoms with Crippen molar-refractivity contribution in [1.29, 1.82) is 5.26 Å². The molecule has 0 atom stereocenters. The zero-order valence-corrected chi connectivity index (χ0v) is 14.1. The Balaban J connectivity index is -0.0000000183. The van der Waals surface area contributed by atoms with Crippen LogP contribution in [0, 0.1) is 10.7 Å². The first-order valence-electron chi connectivity index (χ1n) is 1.11. The van der Waals surface area contributed by atoms with Crippen molar-refractivity contribution < 1.29 is 120 Å². The number of rotatable bonds is 0. The van der Waals surface area contributed by atoms with Crippen LogP contribution < -0.4 is 109 Å². The zero-order valence-electron chi connectivity index (χ0n) is 6.14. The van der Waals surface area contributed by atoms with Gasteiger partial charge in [-0.05, 0) is 0 Å². The van der Waals surface area contributed by atoms with Crippen LogP contribution in [-0.2, 0) is 10.4 Å². The third kappa shape index (κ3) is 179. The summed E-state index contributed by atoms with van der Waals surface area (Å²) in [5, 5.41) is 8.63. The minimum atomic E-state index is -5.17. The summed E-state index contributed by atoms with van der Waals surface area (Å²) in [7, 11) is -5.17. The van der Waals surface area contributed by atoms with Gasteiger partial charge in [-0.3, -0.25) is 8.42 Å². The molecule has 0 aliphatic heterocycles. The molecule has 10 heteroatoms. The number of thiol groups is 1. The smallest absolute Gasteiger partial charge is 0.759 e. The number of nitrogens with zero attached hydrogens (tertiary/aromatic N) is 1. The second-order valence-electron chi connectivity index (χ2n) is 0.508. The predicted octanol–water partition coefficient (Wildman–Crippen LogP) is -6.77. The van der Waals surface area contributed by atoms with Crippen LogP contribution >= 0.6 is 12.6 Å². The summed E-state index contributed by atoms with van der Waals surface area (Å²) < 4.78 is 34.1. The summed E-state index contributed by atoms with van der Waals surface area (Å²) in [6.07, 6.45) is 0. The topological polar surface area (TPSA) is 139 Å². The Morgan fingerprint density at radius 3 is 1.27 bits per heavy atom.